The first-order valence-electron chi connectivity index (χ1n) is 11.4. The Kier molecular flexibility index (Phi) is 5.76. The number of hydrogen-bond donors (Lipinski definition) is 1. The molecular weight excluding hydrogens is 362 g/mol. The number of aliphatic hydroxyl groups is 1. The van der Waals surface area contributed by atoms with Crippen LogP contribution < -0.4 is 0 Å². The third-order valence-corrected chi connectivity index (χ3v) is 7.49. The first-order valence-corrected chi connectivity index (χ1v) is 11.4. The summed E-state index contributed by atoms with van der Waals surface area (Å²) in [5.41, 5.74) is 4.82. The van der Waals surface area contributed by atoms with E-state index in [1.807, 2.05) is 6.07 Å². The molecule has 4 nitrogen and oxygen atoms in total. The van der Waals surface area contributed by atoms with Gasteiger partial charge in [-0.25, -0.2) is 0 Å². The van der Waals surface area contributed by atoms with E-state index in [9.17, 15) is 5.11 Å². The van der Waals surface area contributed by atoms with Crippen LogP contribution >= 0.6 is 0 Å². The van der Waals surface area contributed by atoms with Crippen molar-refractivity contribution in [3.63, 3.8) is 0 Å². The lowest BCUT2D eigenvalue weighted by atomic mass is 9.61. The fraction of sp³-hybridized carbons (Fsp3) is 0.600. The van der Waals surface area contributed by atoms with E-state index in [2.05, 4.69) is 23.1 Å². The van der Waals surface area contributed by atoms with Gasteiger partial charge in [0.15, 0.2) is 0 Å². The molecule has 156 valence electrons. The highest BCUT2D eigenvalue weighted by molar-refractivity contribution is 5.43. The average Bonchev–Trinajstić information content (AvgIpc) is 3.47. The molecule has 1 aliphatic heterocycles. The molecule has 0 amide bonds. The minimum absolute atomic E-state index is 0.605. The molecule has 3 aliphatic carbocycles. The van der Waals surface area contributed by atoms with E-state index in [1.54, 1.807) is 12.5 Å². The third-order valence-electron chi connectivity index (χ3n) is 7.49. The van der Waals surface area contributed by atoms with Crippen LogP contribution in [0.5, 0.6) is 0 Å². The fourth-order valence-electron chi connectivity index (χ4n) is 5.89. The predicted octanol–water partition coefficient (Wildman–Crippen LogP) is 4.84. The highest BCUT2D eigenvalue weighted by atomic mass is 16.5. The maximum atomic E-state index is 10.7. The van der Waals surface area contributed by atoms with Crippen LogP contribution in [0.2, 0.25) is 0 Å². The molecule has 2 fully saturated rings. The zero-order valence-electron chi connectivity index (χ0n) is 17.3. The quantitative estimate of drug-likeness (QED) is 0.650. The van der Waals surface area contributed by atoms with E-state index in [1.165, 1.54) is 56.3 Å². The van der Waals surface area contributed by atoms with Crippen LogP contribution in [0.4, 0.5) is 0 Å². The van der Waals surface area contributed by atoms with Crippen molar-refractivity contribution in [2.24, 2.45) is 5.92 Å². The molecule has 0 spiro atoms. The summed E-state index contributed by atoms with van der Waals surface area (Å²) in [6.45, 7) is 5.35. The van der Waals surface area contributed by atoms with Gasteiger partial charge in [0.05, 0.1) is 19.1 Å². The molecule has 1 N–H and O–H groups in total. The van der Waals surface area contributed by atoms with Crippen LogP contribution in [0, 0.1) is 5.92 Å². The van der Waals surface area contributed by atoms with Crippen molar-refractivity contribution in [3.8, 4) is 0 Å². The molecule has 29 heavy (non-hydrogen) atoms. The standard InChI is InChI=1S/C25H33NO3/c27-25(21-8-13-29-17-21)20-4-6-22-18-3-5-23(24(22)16-20)19(15-18)7-12-28-14-11-26-9-1-2-10-26/h4,6,8,13,16-19,23,25,27H,1-3,5,7,9-12,14-15H2/t18-,19-,23+,25?/m1/s1. The number of nitrogens with zero attached hydrogens (tertiary/aromatic N) is 1. The largest absolute Gasteiger partial charge is 0.472 e. The summed E-state index contributed by atoms with van der Waals surface area (Å²) < 4.78 is 11.2. The van der Waals surface area contributed by atoms with Crippen LogP contribution in [-0.2, 0) is 4.74 Å². The summed E-state index contributed by atoms with van der Waals surface area (Å²) in [6, 6.07) is 8.49. The summed E-state index contributed by atoms with van der Waals surface area (Å²) in [7, 11) is 0. The van der Waals surface area contributed by atoms with Crippen LogP contribution in [0.25, 0.3) is 0 Å². The lowest BCUT2D eigenvalue weighted by Gasteiger charge is -2.44. The van der Waals surface area contributed by atoms with E-state index in [0.717, 1.165) is 37.3 Å². The van der Waals surface area contributed by atoms with Gasteiger partial charge in [-0.1, -0.05) is 18.2 Å². The predicted molar refractivity (Wildman–Crippen MR) is 113 cm³/mol. The Hall–Kier alpha value is -1.62. The lowest BCUT2D eigenvalue weighted by Crippen LogP contribution is -2.31. The summed E-state index contributed by atoms with van der Waals surface area (Å²) in [6.07, 6.45) is 10.4. The molecule has 1 unspecified atom stereocenters. The maximum Gasteiger partial charge on any atom is 0.107 e. The number of likely N-dealkylation sites (tertiary alicyclic amines) is 1. The first kappa shape index (κ1) is 19.3. The van der Waals surface area contributed by atoms with Gasteiger partial charge in [-0.3, -0.25) is 0 Å². The van der Waals surface area contributed by atoms with Crippen molar-refractivity contribution < 1.29 is 14.3 Å². The van der Waals surface area contributed by atoms with Gasteiger partial charge in [0.1, 0.15) is 6.10 Å². The Morgan fingerprint density at radius 1 is 1.07 bits per heavy atom. The van der Waals surface area contributed by atoms with Gasteiger partial charge in [-0.15, -0.1) is 0 Å². The zero-order valence-corrected chi connectivity index (χ0v) is 17.3. The van der Waals surface area contributed by atoms with Gasteiger partial charge in [-0.05, 0) is 92.1 Å². The molecule has 4 atom stereocenters. The molecule has 2 heterocycles. The van der Waals surface area contributed by atoms with Crippen molar-refractivity contribution in [2.75, 3.05) is 32.8 Å². The number of benzene rings is 1. The van der Waals surface area contributed by atoms with Gasteiger partial charge >= 0.3 is 0 Å². The van der Waals surface area contributed by atoms with Crippen molar-refractivity contribution in [3.05, 3.63) is 59.0 Å². The number of ether oxygens (including phenoxy) is 1. The second kappa shape index (κ2) is 8.63. The summed E-state index contributed by atoms with van der Waals surface area (Å²) >= 11 is 0. The van der Waals surface area contributed by atoms with E-state index in [-0.39, 0.29) is 0 Å². The SMILES string of the molecule is OC(c1ccoc1)c1ccc2c(c1)[C@H]1CC[C@@H]2C[C@H]1CCOCCN1CCCC1. The average molecular weight is 396 g/mol. The Morgan fingerprint density at radius 3 is 2.79 bits per heavy atom. The number of fused-ring (bicyclic) bond motifs is 2. The number of rotatable bonds is 8. The monoisotopic (exact) mass is 395 g/mol. The molecule has 2 bridgehead atoms. The number of hydrogen-bond acceptors (Lipinski definition) is 4. The second-order valence-corrected chi connectivity index (χ2v) is 9.17. The van der Waals surface area contributed by atoms with Gasteiger partial charge in [0, 0.05) is 18.7 Å². The highest BCUT2D eigenvalue weighted by Crippen LogP contribution is 2.53. The van der Waals surface area contributed by atoms with Crippen molar-refractivity contribution >= 4 is 0 Å². The van der Waals surface area contributed by atoms with Crippen molar-refractivity contribution in [1.82, 2.24) is 4.90 Å². The lowest BCUT2D eigenvalue weighted by molar-refractivity contribution is 0.0875. The molecule has 1 saturated carbocycles. The second-order valence-electron chi connectivity index (χ2n) is 9.17. The molecule has 0 radical (unpaired) electrons. The topological polar surface area (TPSA) is 45.8 Å². The number of furan rings is 1. The fourth-order valence-corrected chi connectivity index (χ4v) is 5.89. The molecule has 6 rings (SSSR count). The summed E-state index contributed by atoms with van der Waals surface area (Å²) in [5.74, 6) is 2.02. The molecule has 4 heteroatoms. The Bertz CT molecular complexity index is 796. The number of aliphatic hydroxyl groups excluding tert-OH is 1. The molecule has 1 aromatic heterocycles. The molecule has 1 aromatic carbocycles. The van der Waals surface area contributed by atoms with Crippen LogP contribution in [0.1, 0.15) is 78.7 Å². The molecule has 4 aliphatic rings. The Balaban J connectivity index is 1.21. The van der Waals surface area contributed by atoms with Crippen LogP contribution in [0.15, 0.2) is 41.2 Å². The first-order chi connectivity index (χ1) is 14.3. The van der Waals surface area contributed by atoms with Gasteiger partial charge < -0.3 is 19.2 Å². The summed E-state index contributed by atoms with van der Waals surface area (Å²) in [4.78, 5) is 2.52. The minimum atomic E-state index is -0.605. The normalized spacial score (nSPS) is 27.3. The maximum absolute atomic E-state index is 10.7. The van der Waals surface area contributed by atoms with Crippen molar-refractivity contribution in [2.45, 2.75) is 56.5 Å². The smallest absolute Gasteiger partial charge is 0.107 e. The summed E-state index contributed by atoms with van der Waals surface area (Å²) in [5, 5.41) is 10.7. The van der Waals surface area contributed by atoms with E-state index >= 15 is 0 Å². The molecular formula is C25H33NO3. The molecule has 2 aromatic rings. The molecule has 1 saturated heterocycles. The van der Waals surface area contributed by atoms with E-state index < -0.39 is 6.10 Å². The van der Waals surface area contributed by atoms with Gasteiger partial charge in [0.2, 0.25) is 0 Å². The van der Waals surface area contributed by atoms with Crippen molar-refractivity contribution in [1.29, 1.82) is 0 Å². The van der Waals surface area contributed by atoms with Crippen LogP contribution in [0.3, 0.4) is 0 Å². The Labute approximate surface area is 173 Å². The van der Waals surface area contributed by atoms with Gasteiger partial charge in [-0.2, -0.15) is 0 Å². The zero-order chi connectivity index (χ0) is 19.6. The third kappa shape index (κ3) is 4.03. The van der Waals surface area contributed by atoms with Gasteiger partial charge in [0.25, 0.3) is 0 Å². The van der Waals surface area contributed by atoms with Crippen LogP contribution in [-0.4, -0.2) is 42.9 Å². The van der Waals surface area contributed by atoms with E-state index in [0.29, 0.717) is 17.8 Å². The Morgan fingerprint density at radius 2 is 1.97 bits per heavy atom. The minimum Gasteiger partial charge on any atom is -0.472 e. The van der Waals surface area contributed by atoms with E-state index in [4.69, 9.17) is 9.15 Å². The highest BCUT2D eigenvalue weighted by Gasteiger charge is 2.39.